The predicted molar refractivity (Wildman–Crippen MR) is 103 cm³/mol. The van der Waals surface area contributed by atoms with Crippen LogP contribution in [0.4, 0.5) is 0 Å². The van der Waals surface area contributed by atoms with E-state index in [1.165, 1.54) is 19.3 Å². The molecule has 2 aliphatic rings. The Kier molecular flexibility index (Phi) is 6.89. The Labute approximate surface area is 155 Å². The summed E-state index contributed by atoms with van der Waals surface area (Å²) in [6.07, 6.45) is 8.40. The molecule has 1 heterocycles. The number of nitrogens with zero attached hydrogens (tertiary/aromatic N) is 1. The number of rotatable bonds is 6. The number of ether oxygens (including phenoxy) is 1. The summed E-state index contributed by atoms with van der Waals surface area (Å²) in [5, 5.41) is 6.26. The zero-order chi connectivity index (χ0) is 18.2. The maximum Gasteiger partial charge on any atom is 0.251 e. The fourth-order valence-electron chi connectivity index (χ4n) is 3.60. The van der Waals surface area contributed by atoms with Crippen molar-refractivity contribution < 1.29 is 9.53 Å². The lowest BCUT2D eigenvalue weighted by molar-refractivity contribution is 0.0857. The van der Waals surface area contributed by atoms with Gasteiger partial charge in [-0.05, 0) is 43.4 Å². The monoisotopic (exact) mass is 358 g/mol. The summed E-state index contributed by atoms with van der Waals surface area (Å²) in [7, 11) is 0. The van der Waals surface area contributed by atoms with Gasteiger partial charge in [-0.3, -0.25) is 4.79 Å². The SMILES string of the molecule is NC(=NCc1cccc(C(=O)NCC2CCCO2)c1)NC1CCCCC1. The molecule has 1 aromatic carbocycles. The van der Waals surface area contributed by atoms with Crippen LogP contribution in [0.25, 0.3) is 0 Å². The van der Waals surface area contributed by atoms with Crippen molar-refractivity contribution in [1.29, 1.82) is 0 Å². The molecule has 0 bridgehead atoms. The lowest BCUT2D eigenvalue weighted by atomic mass is 9.96. The molecular formula is C20H30N4O2. The number of hydrogen-bond acceptors (Lipinski definition) is 3. The van der Waals surface area contributed by atoms with Gasteiger partial charge in [0, 0.05) is 24.8 Å². The summed E-state index contributed by atoms with van der Waals surface area (Å²) in [6.45, 7) is 1.84. The first kappa shape index (κ1) is 18.7. The summed E-state index contributed by atoms with van der Waals surface area (Å²) in [5.41, 5.74) is 7.64. The van der Waals surface area contributed by atoms with E-state index in [1.807, 2.05) is 24.3 Å². The Bertz CT molecular complexity index is 620. The first-order chi connectivity index (χ1) is 12.7. The minimum Gasteiger partial charge on any atom is -0.376 e. The van der Waals surface area contributed by atoms with Crippen LogP contribution >= 0.6 is 0 Å². The van der Waals surface area contributed by atoms with Crippen molar-refractivity contribution in [2.24, 2.45) is 10.7 Å². The second-order valence-electron chi connectivity index (χ2n) is 7.23. The number of carbonyl (C=O) groups is 1. The van der Waals surface area contributed by atoms with Gasteiger partial charge in [0.2, 0.25) is 0 Å². The first-order valence-electron chi connectivity index (χ1n) is 9.76. The number of nitrogens with two attached hydrogens (primary N) is 1. The van der Waals surface area contributed by atoms with Crippen LogP contribution in [0.1, 0.15) is 60.9 Å². The summed E-state index contributed by atoms with van der Waals surface area (Å²) >= 11 is 0. The third kappa shape index (κ3) is 5.73. The molecule has 1 saturated carbocycles. The van der Waals surface area contributed by atoms with Crippen molar-refractivity contribution in [1.82, 2.24) is 10.6 Å². The van der Waals surface area contributed by atoms with Gasteiger partial charge in [-0.1, -0.05) is 31.4 Å². The molecule has 2 fully saturated rings. The third-order valence-electron chi connectivity index (χ3n) is 5.09. The molecule has 0 aromatic heterocycles. The molecule has 1 atom stereocenters. The Morgan fingerprint density at radius 2 is 2.04 bits per heavy atom. The van der Waals surface area contributed by atoms with Crippen LogP contribution in [0.5, 0.6) is 0 Å². The van der Waals surface area contributed by atoms with Crippen molar-refractivity contribution in [3.05, 3.63) is 35.4 Å². The van der Waals surface area contributed by atoms with E-state index in [2.05, 4.69) is 15.6 Å². The average molecular weight is 358 g/mol. The Balaban J connectivity index is 1.49. The Hall–Kier alpha value is -2.08. The number of hydrogen-bond donors (Lipinski definition) is 3. The highest BCUT2D eigenvalue weighted by Gasteiger charge is 2.17. The predicted octanol–water partition coefficient (Wildman–Crippen LogP) is 2.33. The molecule has 1 amide bonds. The van der Waals surface area contributed by atoms with Gasteiger partial charge in [0.05, 0.1) is 12.6 Å². The van der Waals surface area contributed by atoms with Crippen molar-refractivity contribution in [2.75, 3.05) is 13.2 Å². The van der Waals surface area contributed by atoms with Crippen LogP contribution < -0.4 is 16.4 Å². The molecule has 3 rings (SSSR count). The van der Waals surface area contributed by atoms with E-state index in [9.17, 15) is 4.79 Å². The second kappa shape index (κ2) is 9.57. The van der Waals surface area contributed by atoms with E-state index in [4.69, 9.17) is 10.5 Å². The number of amides is 1. The van der Waals surface area contributed by atoms with Gasteiger partial charge in [-0.15, -0.1) is 0 Å². The molecule has 0 radical (unpaired) electrons. The van der Waals surface area contributed by atoms with Gasteiger partial charge in [0.25, 0.3) is 5.91 Å². The number of benzene rings is 1. The Morgan fingerprint density at radius 1 is 1.19 bits per heavy atom. The van der Waals surface area contributed by atoms with Gasteiger partial charge < -0.3 is 21.1 Å². The maximum atomic E-state index is 12.3. The molecule has 6 nitrogen and oxygen atoms in total. The molecule has 6 heteroatoms. The van der Waals surface area contributed by atoms with Crippen LogP contribution in [0.3, 0.4) is 0 Å². The summed E-state index contributed by atoms with van der Waals surface area (Å²) < 4.78 is 5.54. The minimum absolute atomic E-state index is 0.0698. The molecular weight excluding hydrogens is 328 g/mol. The summed E-state index contributed by atoms with van der Waals surface area (Å²) in [5.74, 6) is 0.421. The lowest BCUT2D eigenvalue weighted by Crippen LogP contribution is -2.41. The molecule has 142 valence electrons. The molecule has 26 heavy (non-hydrogen) atoms. The largest absolute Gasteiger partial charge is 0.376 e. The average Bonchev–Trinajstić information content (AvgIpc) is 3.19. The Morgan fingerprint density at radius 3 is 2.81 bits per heavy atom. The maximum absolute atomic E-state index is 12.3. The highest BCUT2D eigenvalue weighted by Crippen LogP contribution is 2.17. The zero-order valence-electron chi connectivity index (χ0n) is 15.4. The van der Waals surface area contributed by atoms with E-state index in [1.54, 1.807) is 0 Å². The van der Waals surface area contributed by atoms with Gasteiger partial charge in [0.1, 0.15) is 0 Å². The molecule has 1 aromatic rings. The number of guanidine groups is 1. The molecule has 1 aliphatic carbocycles. The highest BCUT2D eigenvalue weighted by molar-refractivity contribution is 5.94. The van der Waals surface area contributed by atoms with Crippen molar-refractivity contribution in [3.63, 3.8) is 0 Å². The van der Waals surface area contributed by atoms with Gasteiger partial charge in [0.15, 0.2) is 5.96 Å². The van der Waals surface area contributed by atoms with Crippen molar-refractivity contribution in [3.8, 4) is 0 Å². The van der Waals surface area contributed by atoms with Crippen LogP contribution in [0.15, 0.2) is 29.3 Å². The van der Waals surface area contributed by atoms with Crippen molar-refractivity contribution in [2.45, 2.75) is 63.6 Å². The highest BCUT2D eigenvalue weighted by atomic mass is 16.5. The van der Waals surface area contributed by atoms with Crippen LogP contribution in [0, 0.1) is 0 Å². The fourth-order valence-corrected chi connectivity index (χ4v) is 3.60. The third-order valence-corrected chi connectivity index (χ3v) is 5.09. The van der Waals surface area contributed by atoms with Gasteiger partial charge in [-0.25, -0.2) is 4.99 Å². The molecule has 4 N–H and O–H groups in total. The number of carbonyl (C=O) groups excluding carboxylic acids is 1. The number of aliphatic imine (C=N–C) groups is 1. The van der Waals surface area contributed by atoms with Crippen LogP contribution in [-0.4, -0.2) is 37.2 Å². The quantitative estimate of drug-likeness (QED) is 0.538. The molecule has 1 unspecified atom stereocenters. The van der Waals surface area contributed by atoms with E-state index < -0.39 is 0 Å². The van der Waals surface area contributed by atoms with E-state index in [0.29, 0.717) is 30.7 Å². The van der Waals surface area contributed by atoms with E-state index in [0.717, 1.165) is 37.9 Å². The standard InChI is InChI=1S/C20H30N4O2/c21-20(24-17-8-2-1-3-9-17)23-13-15-6-4-7-16(12-15)19(25)22-14-18-10-5-11-26-18/h4,6-7,12,17-18H,1-3,5,8-11,13-14H2,(H,22,25)(H3,21,23,24). The fraction of sp³-hybridized carbons (Fsp3) is 0.600. The lowest BCUT2D eigenvalue weighted by Gasteiger charge is -2.23. The zero-order valence-corrected chi connectivity index (χ0v) is 15.4. The first-order valence-corrected chi connectivity index (χ1v) is 9.76. The normalized spacial score (nSPS) is 21.5. The van der Waals surface area contributed by atoms with Crippen molar-refractivity contribution >= 4 is 11.9 Å². The van der Waals surface area contributed by atoms with Crippen LogP contribution in [-0.2, 0) is 11.3 Å². The van der Waals surface area contributed by atoms with Gasteiger partial charge in [-0.2, -0.15) is 0 Å². The second-order valence-corrected chi connectivity index (χ2v) is 7.23. The summed E-state index contributed by atoms with van der Waals surface area (Å²) in [6, 6.07) is 8.00. The van der Waals surface area contributed by atoms with E-state index >= 15 is 0 Å². The molecule has 1 saturated heterocycles. The number of nitrogens with one attached hydrogen (secondary N) is 2. The minimum atomic E-state index is -0.0698. The molecule has 1 aliphatic heterocycles. The van der Waals surface area contributed by atoms with E-state index in [-0.39, 0.29) is 12.0 Å². The van der Waals surface area contributed by atoms with Gasteiger partial charge >= 0.3 is 0 Å². The summed E-state index contributed by atoms with van der Waals surface area (Å²) in [4.78, 5) is 16.7. The molecule has 0 spiro atoms. The van der Waals surface area contributed by atoms with Crippen LogP contribution in [0.2, 0.25) is 0 Å². The topological polar surface area (TPSA) is 88.7 Å². The smallest absolute Gasteiger partial charge is 0.251 e.